The number of carboxylic acid groups (broad SMARTS) is 1. The molecule has 0 fully saturated rings. The number of carbonyl (C=O) groups is 2. The molecule has 0 radical (unpaired) electrons. The van der Waals surface area contributed by atoms with Gasteiger partial charge in [-0.25, -0.2) is 0 Å². The quantitative estimate of drug-likeness (QED) is 0.356. The second-order valence-corrected chi connectivity index (χ2v) is 4.09. The first-order chi connectivity index (χ1) is 9.93. The fourth-order valence-electron chi connectivity index (χ4n) is 1.57. The Balaban J connectivity index is 2.84. The Morgan fingerprint density at radius 1 is 1.43 bits per heavy atom. The van der Waals surface area contributed by atoms with Crippen molar-refractivity contribution in [2.75, 3.05) is 13.1 Å². The molecule has 1 aromatic rings. The Morgan fingerprint density at radius 3 is 2.71 bits per heavy atom. The van der Waals surface area contributed by atoms with Crippen molar-refractivity contribution in [1.29, 1.82) is 0 Å². The Kier molecular flexibility index (Phi) is 5.81. The van der Waals surface area contributed by atoms with Crippen LogP contribution in [0, 0.1) is 10.1 Å². The van der Waals surface area contributed by atoms with E-state index in [1.54, 1.807) is 6.07 Å². The Hall–Kier alpha value is -2.96. The molecule has 0 bridgehead atoms. The van der Waals surface area contributed by atoms with Crippen LogP contribution in [0.2, 0.25) is 0 Å². The van der Waals surface area contributed by atoms with Crippen LogP contribution in [0.1, 0.15) is 5.56 Å². The van der Waals surface area contributed by atoms with Gasteiger partial charge < -0.3 is 10.0 Å². The molecule has 21 heavy (non-hydrogen) atoms. The van der Waals surface area contributed by atoms with Crippen LogP contribution >= 0.6 is 0 Å². The number of amides is 1. The molecule has 0 heterocycles. The third-order valence-corrected chi connectivity index (χ3v) is 2.49. The largest absolute Gasteiger partial charge is 0.480 e. The normalized spacial score (nSPS) is 10.3. The van der Waals surface area contributed by atoms with Crippen LogP contribution < -0.4 is 0 Å². The standard InChI is InChI=1S/C14H14N2O5/c1-2-8-15(10-14(18)19)13(17)7-6-11-4-3-5-12(9-11)16(20)21/h2-7,9H,1,8,10H2,(H,18,19). The summed E-state index contributed by atoms with van der Waals surface area (Å²) in [6, 6.07) is 5.76. The summed E-state index contributed by atoms with van der Waals surface area (Å²) in [5.74, 6) is -1.64. The first-order valence-electron chi connectivity index (χ1n) is 5.98. The first-order valence-corrected chi connectivity index (χ1v) is 5.98. The summed E-state index contributed by atoms with van der Waals surface area (Å²) in [6.45, 7) is 3.11. The van der Waals surface area contributed by atoms with E-state index in [4.69, 9.17) is 5.11 Å². The molecule has 0 saturated heterocycles. The van der Waals surface area contributed by atoms with Crippen molar-refractivity contribution in [1.82, 2.24) is 4.90 Å². The molecule has 110 valence electrons. The summed E-state index contributed by atoms with van der Waals surface area (Å²) >= 11 is 0. The molecule has 1 aromatic carbocycles. The third-order valence-electron chi connectivity index (χ3n) is 2.49. The molecule has 1 rings (SSSR count). The van der Waals surface area contributed by atoms with Gasteiger partial charge in [0.2, 0.25) is 5.91 Å². The summed E-state index contributed by atoms with van der Waals surface area (Å²) in [7, 11) is 0. The minimum Gasteiger partial charge on any atom is -0.480 e. The summed E-state index contributed by atoms with van der Waals surface area (Å²) in [6.07, 6.45) is 3.99. The van der Waals surface area contributed by atoms with Crippen molar-refractivity contribution in [3.05, 3.63) is 58.7 Å². The molecule has 1 N–H and O–H groups in total. The molecule has 0 aliphatic heterocycles. The monoisotopic (exact) mass is 290 g/mol. The van der Waals surface area contributed by atoms with E-state index >= 15 is 0 Å². The van der Waals surface area contributed by atoms with Crippen LogP contribution in [0.4, 0.5) is 5.69 Å². The highest BCUT2D eigenvalue weighted by atomic mass is 16.6. The van der Waals surface area contributed by atoms with Gasteiger partial charge in [-0.05, 0) is 11.6 Å². The van der Waals surface area contributed by atoms with Gasteiger partial charge in [0.05, 0.1) is 4.92 Å². The van der Waals surface area contributed by atoms with Crippen LogP contribution in [-0.2, 0) is 9.59 Å². The van der Waals surface area contributed by atoms with E-state index in [0.29, 0.717) is 5.56 Å². The molecule has 0 saturated carbocycles. The predicted molar refractivity (Wildman–Crippen MR) is 76.5 cm³/mol. The number of non-ortho nitro benzene ring substituents is 1. The lowest BCUT2D eigenvalue weighted by molar-refractivity contribution is -0.384. The lowest BCUT2D eigenvalue weighted by atomic mass is 10.2. The molecule has 7 heteroatoms. The maximum absolute atomic E-state index is 11.9. The zero-order chi connectivity index (χ0) is 15.8. The van der Waals surface area contributed by atoms with Crippen LogP contribution in [0.5, 0.6) is 0 Å². The van der Waals surface area contributed by atoms with Crippen molar-refractivity contribution >= 4 is 23.6 Å². The molecule has 1 amide bonds. The highest BCUT2D eigenvalue weighted by Crippen LogP contribution is 2.14. The van der Waals surface area contributed by atoms with Gasteiger partial charge in [-0.2, -0.15) is 0 Å². The van der Waals surface area contributed by atoms with Crippen LogP contribution in [0.15, 0.2) is 43.0 Å². The van der Waals surface area contributed by atoms with Gasteiger partial charge in [-0.1, -0.05) is 18.2 Å². The molecular formula is C14H14N2O5. The summed E-state index contributed by atoms with van der Waals surface area (Å²) in [5, 5.41) is 19.4. The first kappa shape index (κ1) is 16.1. The number of rotatable bonds is 7. The van der Waals surface area contributed by atoms with Gasteiger partial charge in [0.25, 0.3) is 5.69 Å². The van der Waals surface area contributed by atoms with E-state index < -0.39 is 23.3 Å². The number of nitro benzene ring substituents is 1. The highest BCUT2D eigenvalue weighted by molar-refractivity contribution is 5.93. The number of hydrogen-bond acceptors (Lipinski definition) is 4. The zero-order valence-electron chi connectivity index (χ0n) is 11.1. The van der Waals surface area contributed by atoms with Crippen LogP contribution in [-0.4, -0.2) is 39.9 Å². The molecule has 0 aromatic heterocycles. The van der Waals surface area contributed by atoms with Gasteiger partial charge in [-0.15, -0.1) is 6.58 Å². The molecule has 0 aliphatic carbocycles. The molecule has 0 aliphatic rings. The van der Waals surface area contributed by atoms with Crippen molar-refractivity contribution in [3.8, 4) is 0 Å². The van der Waals surface area contributed by atoms with Crippen molar-refractivity contribution in [2.45, 2.75) is 0 Å². The fraction of sp³-hybridized carbons (Fsp3) is 0.143. The number of carboxylic acids is 1. The number of nitrogens with zero attached hydrogens (tertiary/aromatic N) is 2. The Morgan fingerprint density at radius 2 is 2.14 bits per heavy atom. The van der Waals surface area contributed by atoms with E-state index in [2.05, 4.69) is 6.58 Å². The van der Waals surface area contributed by atoms with Gasteiger partial charge in [0, 0.05) is 24.8 Å². The molecule has 0 unspecified atom stereocenters. The minimum atomic E-state index is -1.13. The maximum atomic E-state index is 11.9. The smallest absolute Gasteiger partial charge is 0.323 e. The zero-order valence-corrected chi connectivity index (χ0v) is 11.1. The number of nitro groups is 1. The lowest BCUT2D eigenvalue weighted by Gasteiger charge is -2.16. The van der Waals surface area contributed by atoms with E-state index in [1.807, 2.05) is 0 Å². The van der Waals surface area contributed by atoms with Crippen molar-refractivity contribution < 1.29 is 19.6 Å². The SMILES string of the molecule is C=CCN(CC(=O)O)C(=O)C=Cc1cccc([N+](=O)[O-])c1. The average molecular weight is 290 g/mol. The maximum Gasteiger partial charge on any atom is 0.323 e. The summed E-state index contributed by atoms with van der Waals surface area (Å²) in [5.41, 5.74) is 0.393. The number of aliphatic carboxylic acids is 1. The van der Waals surface area contributed by atoms with Gasteiger partial charge in [-0.3, -0.25) is 19.7 Å². The third kappa shape index (κ3) is 5.27. The Bertz CT molecular complexity index is 595. The highest BCUT2D eigenvalue weighted by Gasteiger charge is 2.12. The molecule has 7 nitrogen and oxygen atoms in total. The Labute approximate surface area is 121 Å². The number of hydrogen-bond donors (Lipinski definition) is 1. The number of benzene rings is 1. The second kappa shape index (κ2) is 7.59. The summed E-state index contributed by atoms with van der Waals surface area (Å²) in [4.78, 5) is 33.7. The molecular weight excluding hydrogens is 276 g/mol. The minimum absolute atomic E-state index is 0.0851. The lowest BCUT2D eigenvalue weighted by Crippen LogP contribution is -2.34. The van der Waals surface area contributed by atoms with Gasteiger partial charge in [0.15, 0.2) is 0 Å². The second-order valence-electron chi connectivity index (χ2n) is 4.09. The van der Waals surface area contributed by atoms with E-state index in [-0.39, 0.29) is 12.2 Å². The average Bonchev–Trinajstić information content (AvgIpc) is 2.44. The van der Waals surface area contributed by atoms with E-state index in [0.717, 1.165) is 4.90 Å². The van der Waals surface area contributed by atoms with E-state index in [1.165, 1.54) is 36.4 Å². The van der Waals surface area contributed by atoms with Gasteiger partial charge in [0.1, 0.15) is 6.54 Å². The van der Waals surface area contributed by atoms with Crippen molar-refractivity contribution in [3.63, 3.8) is 0 Å². The molecule has 0 atom stereocenters. The van der Waals surface area contributed by atoms with E-state index in [9.17, 15) is 19.7 Å². The fourth-order valence-corrected chi connectivity index (χ4v) is 1.57. The van der Waals surface area contributed by atoms with Crippen LogP contribution in [0.25, 0.3) is 6.08 Å². The predicted octanol–water partition coefficient (Wildman–Crippen LogP) is 1.71. The van der Waals surface area contributed by atoms with Crippen LogP contribution in [0.3, 0.4) is 0 Å². The van der Waals surface area contributed by atoms with Gasteiger partial charge >= 0.3 is 5.97 Å². The van der Waals surface area contributed by atoms with Crippen molar-refractivity contribution in [2.24, 2.45) is 0 Å². The number of carbonyl (C=O) groups excluding carboxylic acids is 1. The molecule has 0 spiro atoms. The topological polar surface area (TPSA) is 101 Å². The summed E-state index contributed by atoms with van der Waals surface area (Å²) < 4.78 is 0.